The maximum absolute atomic E-state index is 4.23. The van der Waals surface area contributed by atoms with Crippen molar-refractivity contribution in [3.05, 3.63) is 30.3 Å². The molecule has 0 aliphatic rings. The van der Waals surface area contributed by atoms with E-state index >= 15 is 0 Å². The topological polar surface area (TPSA) is 30.7 Å². The lowest BCUT2D eigenvalue weighted by Gasteiger charge is -1.86. The van der Waals surface area contributed by atoms with Gasteiger partial charge in [0.1, 0.15) is 10.7 Å². The van der Waals surface area contributed by atoms with Gasteiger partial charge in [-0.15, -0.1) is 11.3 Å². The summed E-state index contributed by atoms with van der Waals surface area (Å²) in [6.07, 6.45) is 3.66. The zero-order valence-corrected chi connectivity index (χ0v) is 7.51. The van der Waals surface area contributed by atoms with Gasteiger partial charge in [-0.3, -0.25) is 4.68 Å². The van der Waals surface area contributed by atoms with Gasteiger partial charge >= 0.3 is 0 Å². The van der Waals surface area contributed by atoms with Crippen LogP contribution in [0, 0.1) is 6.92 Å². The predicted octanol–water partition coefficient (Wildman–Crippen LogP) is 1.73. The van der Waals surface area contributed by atoms with Crippen molar-refractivity contribution in [2.24, 2.45) is 7.05 Å². The van der Waals surface area contributed by atoms with Gasteiger partial charge in [0.25, 0.3) is 0 Å². The van der Waals surface area contributed by atoms with Gasteiger partial charge in [-0.05, 0) is 13.0 Å². The minimum absolute atomic E-state index is 0.914. The van der Waals surface area contributed by atoms with Crippen LogP contribution in [0.4, 0.5) is 0 Å². The SMILES string of the molecule is [CH2]c1cnc(-c2ccn(C)n2)s1. The summed E-state index contributed by atoms with van der Waals surface area (Å²) in [6, 6.07) is 1.94. The molecule has 2 heterocycles. The van der Waals surface area contributed by atoms with Crippen LogP contribution in [0.25, 0.3) is 10.7 Å². The largest absolute Gasteiger partial charge is 0.275 e. The van der Waals surface area contributed by atoms with E-state index in [1.165, 1.54) is 0 Å². The average molecular weight is 178 g/mol. The van der Waals surface area contributed by atoms with Gasteiger partial charge in [-0.2, -0.15) is 5.10 Å². The van der Waals surface area contributed by atoms with Crippen LogP contribution in [0.2, 0.25) is 0 Å². The highest BCUT2D eigenvalue weighted by Crippen LogP contribution is 2.22. The molecule has 61 valence electrons. The average Bonchev–Trinajstić information content (AvgIpc) is 2.58. The number of nitrogens with zero attached hydrogens (tertiary/aromatic N) is 3. The summed E-state index contributed by atoms with van der Waals surface area (Å²) in [4.78, 5) is 5.15. The fourth-order valence-electron chi connectivity index (χ4n) is 0.955. The van der Waals surface area contributed by atoms with E-state index in [1.807, 2.05) is 19.3 Å². The lowest BCUT2D eigenvalue weighted by Crippen LogP contribution is -1.86. The lowest BCUT2D eigenvalue weighted by molar-refractivity contribution is 0.770. The molecule has 3 nitrogen and oxygen atoms in total. The van der Waals surface area contributed by atoms with Crippen LogP contribution >= 0.6 is 11.3 Å². The molecular formula is C8H8N3S. The summed E-state index contributed by atoms with van der Waals surface area (Å²) in [5, 5.41) is 5.16. The number of rotatable bonds is 1. The molecule has 0 saturated carbocycles. The molecule has 0 N–H and O–H groups in total. The minimum Gasteiger partial charge on any atom is -0.275 e. The van der Waals surface area contributed by atoms with Crippen LogP contribution < -0.4 is 0 Å². The number of aromatic nitrogens is 3. The monoisotopic (exact) mass is 178 g/mol. The fourth-order valence-corrected chi connectivity index (χ4v) is 1.63. The van der Waals surface area contributed by atoms with Crippen LogP contribution in [-0.2, 0) is 7.05 Å². The molecule has 0 amide bonds. The Labute approximate surface area is 74.7 Å². The minimum atomic E-state index is 0.914. The Morgan fingerprint density at radius 3 is 2.92 bits per heavy atom. The van der Waals surface area contributed by atoms with Crippen molar-refractivity contribution in [3.8, 4) is 10.7 Å². The Kier molecular flexibility index (Phi) is 1.69. The van der Waals surface area contributed by atoms with Gasteiger partial charge < -0.3 is 0 Å². The Hall–Kier alpha value is -1.16. The van der Waals surface area contributed by atoms with E-state index in [2.05, 4.69) is 17.0 Å². The van der Waals surface area contributed by atoms with Crippen molar-refractivity contribution in [2.75, 3.05) is 0 Å². The number of aryl methyl sites for hydroxylation is 1. The smallest absolute Gasteiger partial charge is 0.143 e. The maximum atomic E-state index is 4.23. The highest BCUT2D eigenvalue weighted by atomic mass is 32.1. The quantitative estimate of drug-likeness (QED) is 0.665. The molecule has 1 radical (unpaired) electrons. The van der Waals surface area contributed by atoms with Crippen molar-refractivity contribution in [3.63, 3.8) is 0 Å². The molecule has 0 atom stereocenters. The zero-order chi connectivity index (χ0) is 8.55. The first kappa shape index (κ1) is 7.49. The van der Waals surface area contributed by atoms with Crippen molar-refractivity contribution in [1.82, 2.24) is 14.8 Å². The first-order valence-electron chi connectivity index (χ1n) is 3.53. The van der Waals surface area contributed by atoms with Crippen molar-refractivity contribution in [1.29, 1.82) is 0 Å². The third kappa shape index (κ3) is 1.25. The third-order valence-corrected chi connectivity index (χ3v) is 2.36. The van der Waals surface area contributed by atoms with Crippen LogP contribution in [-0.4, -0.2) is 14.8 Å². The summed E-state index contributed by atoms with van der Waals surface area (Å²) >= 11 is 1.56. The number of hydrogen-bond acceptors (Lipinski definition) is 3. The second-order valence-corrected chi connectivity index (χ2v) is 3.62. The normalized spacial score (nSPS) is 10.5. The molecule has 2 aromatic rings. The molecule has 2 rings (SSSR count). The lowest BCUT2D eigenvalue weighted by atomic mass is 10.5. The van der Waals surface area contributed by atoms with Crippen LogP contribution in [0.5, 0.6) is 0 Å². The molecule has 0 aliphatic carbocycles. The van der Waals surface area contributed by atoms with Gasteiger partial charge in [0.2, 0.25) is 0 Å². The first-order chi connectivity index (χ1) is 5.75. The zero-order valence-electron chi connectivity index (χ0n) is 6.69. The molecule has 0 bridgehead atoms. The summed E-state index contributed by atoms with van der Waals surface area (Å²) in [7, 11) is 1.89. The van der Waals surface area contributed by atoms with E-state index in [-0.39, 0.29) is 0 Å². The Morgan fingerprint density at radius 2 is 2.42 bits per heavy atom. The van der Waals surface area contributed by atoms with Gasteiger partial charge in [0.05, 0.1) is 0 Å². The Bertz CT molecular complexity index is 350. The Morgan fingerprint density at radius 1 is 1.58 bits per heavy atom. The molecule has 2 aromatic heterocycles. The molecular weight excluding hydrogens is 170 g/mol. The maximum Gasteiger partial charge on any atom is 0.143 e. The summed E-state index contributed by atoms with van der Waals surface area (Å²) < 4.78 is 1.76. The van der Waals surface area contributed by atoms with E-state index in [0.717, 1.165) is 15.6 Å². The van der Waals surface area contributed by atoms with Crippen molar-refractivity contribution >= 4 is 11.3 Å². The summed E-state index contributed by atoms with van der Waals surface area (Å²) in [5.74, 6) is 0. The van der Waals surface area contributed by atoms with Crippen LogP contribution in [0.15, 0.2) is 18.5 Å². The predicted molar refractivity (Wildman–Crippen MR) is 48.8 cm³/mol. The molecule has 0 spiro atoms. The molecule has 0 unspecified atom stereocenters. The third-order valence-electron chi connectivity index (χ3n) is 1.49. The standard InChI is InChI=1S/C8H8N3S/c1-6-5-9-8(12-6)7-3-4-11(2)10-7/h3-5H,1H2,2H3. The van der Waals surface area contributed by atoms with E-state index in [9.17, 15) is 0 Å². The van der Waals surface area contributed by atoms with Crippen LogP contribution in [0.3, 0.4) is 0 Å². The first-order valence-corrected chi connectivity index (χ1v) is 4.35. The van der Waals surface area contributed by atoms with E-state index < -0.39 is 0 Å². The van der Waals surface area contributed by atoms with Crippen LogP contribution in [0.1, 0.15) is 4.88 Å². The van der Waals surface area contributed by atoms with Gasteiger partial charge in [0, 0.05) is 24.3 Å². The molecule has 0 aliphatic heterocycles. The van der Waals surface area contributed by atoms with E-state index in [4.69, 9.17) is 0 Å². The highest BCUT2D eigenvalue weighted by molar-refractivity contribution is 7.15. The Balaban J connectivity index is 2.43. The van der Waals surface area contributed by atoms with Gasteiger partial charge in [-0.25, -0.2) is 4.98 Å². The summed E-state index contributed by atoms with van der Waals surface area (Å²) in [6.45, 7) is 3.79. The number of hydrogen-bond donors (Lipinski definition) is 0. The van der Waals surface area contributed by atoms with E-state index in [1.54, 1.807) is 22.2 Å². The van der Waals surface area contributed by atoms with Gasteiger partial charge in [-0.1, -0.05) is 0 Å². The van der Waals surface area contributed by atoms with Crippen molar-refractivity contribution in [2.45, 2.75) is 0 Å². The molecule has 4 heteroatoms. The molecule has 0 saturated heterocycles. The second kappa shape index (κ2) is 2.71. The second-order valence-electron chi connectivity index (χ2n) is 2.51. The molecule has 12 heavy (non-hydrogen) atoms. The highest BCUT2D eigenvalue weighted by Gasteiger charge is 2.04. The van der Waals surface area contributed by atoms with E-state index in [0.29, 0.717) is 0 Å². The molecule has 0 aromatic carbocycles. The summed E-state index contributed by atoms with van der Waals surface area (Å²) in [5.41, 5.74) is 0.914. The number of thiazole rings is 1. The fraction of sp³-hybridized carbons (Fsp3) is 0.125. The van der Waals surface area contributed by atoms with Crippen molar-refractivity contribution < 1.29 is 0 Å². The molecule has 0 fully saturated rings. The van der Waals surface area contributed by atoms with Gasteiger partial charge in [0.15, 0.2) is 0 Å².